The van der Waals surface area contributed by atoms with Gasteiger partial charge in [-0.1, -0.05) is 13.3 Å². The number of amides is 2. The second-order valence-electron chi connectivity index (χ2n) is 3.76. The van der Waals surface area contributed by atoms with E-state index in [0.717, 1.165) is 12.8 Å². The summed E-state index contributed by atoms with van der Waals surface area (Å²) in [6, 6.07) is -0.458. The third kappa shape index (κ3) is 10.7. The summed E-state index contributed by atoms with van der Waals surface area (Å²) in [6.45, 7) is 2.72. The van der Waals surface area contributed by atoms with Gasteiger partial charge in [-0.05, 0) is 6.42 Å². The minimum absolute atomic E-state index is 0.174. The Labute approximate surface area is 102 Å². The molecule has 0 atom stereocenters. The van der Waals surface area contributed by atoms with E-state index in [0.29, 0.717) is 6.61 Å². The lowest BCUT2D eigenvalue weighted by Crippen LogP contribution is -2.24. The quantitative estimate of drug-likeness (QED) is 0.313. The average molecular weight is 243 g/mol. The molecule has 0 aromatic heterocycles. The lowest BCUT2D eigenvalue weighted by molar-refractivity contribution is -0.143. The molecule has 0 spiro atoms. The van der Waals surface area contributed by atoms with Crippen LogP contribution in [0, 0.1) is 0 Å². The van der Waals surface area contributed by atoms with Gasteiger partial charge in [0.2, 0.25) is 0 Å². The van der Waals surface area contributed by atoms with Crippen molar-refractivity contribution in [3.8, 4) is 0 Å². The molecule has 17 heavy (non-hydrogen) atoms. The molecular formula is C11H21N3O3. The van der Waals surface area contributed by atoms with Gasteiger partial charge in [0.15, 0.2) is 0 Å². The molecule has 0 unspecified atom stereocenters. The largest absolute Gasteiger partial charge is 0.466 e. The Balaban J connectivity index is 3.55. The number of hydrogen-bond acceptors (Lipinski definition) is 3. The van der Waals surface area contributed by atoms with Crippen molar-refractivity contribution >= 4 is 18.3 Å². The summed E-state index contributed by atoms with van der Waals surface area (Å²) in [6.07, 6.45) is 3.43. The van der Waals surface area contributed by atoms with E-state index in [-0.39, 0.29) is 18.9 Å². The van der Waals surface area contributed by atoms with Crippen molar-refractivity contribution < 1.29 is 14.3 Å². The Bertz CT molecular complexity index is 265. The van der Waals surface area contributed by atoms with Crippen molar-refractivity contribution in [2.45, 2.75) is 26.2 Å². The van der Waals surface area contributed by atoms with Gasteiger partial charge in [-0.3, -0.25) is 4.79 Å². The molecule has 0 fully saturated rings. The van der Waals surface area contributed by atoms with Crippen LogP contribution in [-0.2, 0) is 9.53 Å². The molecule has 98 valence electrons. The van der Waals surface area contributed by atoms with Gasteiger partial charge in [-0.2, -0.15) is 4.99 Å². The molecule has 6 heteroatoms. The maximum absolute atomic E-state index is 11.1. The summed E-state index contributed by atoms with van der Waals surface area (Å²) in [5.41, 5.74) is 0. The highest BCUT2D eigenvalue weighted by atomic mass is 16.5. The van der Waals surface area contributed by atoms with Gasteiger partial charge in [0.25, 0.3) is 0 Å². The first kappa shape index (κ1) is 15.4. The molecule has 6 nitrogen and oxygen atoms in total. The third-order valence-corrected chi connectivity index (χ3v) is 1.77. The number of aliphatic imine (C=N–C) groups is 1. The first-order valence-corrected chi connectivity index (χ1v) is 5.70. The fraction of sp³-hybridized carbons (Fsp3) is 0.727. The van der Waals surface area contributed by atoms with Crippen molar-refractivity contribution in [2.24, 2.45) is 4.99 Å². The van der Waals surface area contributed by atoms with Gasteiger partial charge in [0.05, 0.1) is 19.4 Å². The molecule has 0 saturated carbocycles. The van der Waals surface area contributed by atoms with Gasteiger partial charge in [-0.25, -0.2) is 4.79 Å². The Morgan fingerprint density at radius 3 is 2.71 bits per heavy atom. The van der Waals surface area contributed by atoms with Crippen molar-refractivity contribution in [1.29, 1.82) is 0 Å². The Morgan fingerprint density at radius 2 is 2.12 bits per heavy atom. The second kappa shape index (κ2) is 9.62. The number of esters is 1. The highest BCUT2D eigenvalue weighted by Gasteiger charge is 2.03. The SMILES string of the molecule is CCCCOC(=O)CCNC(=O)N=CN(C)C. The number of ether oxygens (including phenoxy) is 1. The lowest BCUT2D eigenvalue weighted by atomic mass is 10.3. The number of hydrogen-bond donors (Lipinski definition) is 1. The predicted molar refractivity (Wildman–Crippen MR) is 66.1 cm³/mol. The van der Waals surface area contributed by atoms with Gasteiger partial charge in [-0.15, -0.1) is 0 Å². The summed E-state index contributed by atoms with van der Waals surface area (Å²) in [5.74, 6) is -0.296. The molecule has 0 aliphatic heterocycles. The molecular weight excluding hydrogens is 222 g/mol. The van der Waals surface area contributed by atoms with E-state index in [1.54, 1.807) is 19.0 Å². The summed E-state index contributed by atoms with van der Waals surface area (Å²) in [4.78, 5) is 27.5. The van der Waals surface area contributed by atoms with Crippen molar-refractivity contribution in [3.05, 3.63) is 0 Å². The Morgan fingerprint density at radius 1 is 1.41 bits per heavy atom. The van der Waals surface area contributed by atoms with Crippen LogP contribution >= 0.6 is 0 Å². The minimum Gasteiger partial charge on any atom is -0.466 e. The Hall–Kier alpha value is -1.59. The normalized spacial score (nSPS) is 10.3. The first-order chi connectivity index (χ1) is 8.06. The van der Waals surface area contributed by atoms with Gasteiger partial charge >= 0.3 is 12.0 Å². The van der Waals surface area contributed by atoms with Crippen LogP contribution in [0.1, 0.15) is 26.2 Å². The van der Waals surface area contributed by atoms with Crippen LogP contribution in [0.5, 0.6) is 0 Å². The minimum atomic E-state index is -0.458. The monoisotopic (exact) mass is 243 g/mol. The molecule has 0 aliphatic rings. The van der Waals surface area contributed by atoms with E-state index < -0.39 is 6.03 Å². The van der Waals surface area contributed by atoms with E-state index >= 15 is 0 Å². The van der Waals surface area contributed by atoms with Gasteiger partial charge in [0, 0.05) is 20.6 Å². The molecule has 0 heterocycles. The van der Waals surface area contributed by atoms with Gasteiger partial charge < -0.3 is 15.0 Å². The van der Waals surface area contributed by atoms with E-state index in [2.05, 4.69) is 10.3 Å². The molecule has 0 radical (unpaired) electrons. The van der Waals surface area contributed by atoms with Crippen LogP contribution in [0.4, 0.5) is 4.79 Å². The smallest absolute Gasteiger partial charge is 0.342 e. The van der Waals surface area contributed by atoms with Crippen molar-refractivity contribution in [1.82, 2.24) is 10.2 Å². The van der Waals surface area contributed by atoms with E-state index in [1.807, 2.05) is 6.92 Å². The van der Waals surface area contributed by atoms with Crippen LogP contribution in [0.2, 0.25) is 0 Å². The Kier molecular flexibility index (Phi) is 8.72. The number of nitrogens with one attached hydrogen (secondary N) is 1. The lowest BCUT2D eigenvalue weighted by Gasteiger charge is -2.04. The summed E-state index contributed by atoms with van der Waals surface area (Å²) in [7, 11) is 3.53. The number of nitrogens with zero attached hydrogens (tertiary/aromatic N) is 2. The fourth-order valence-corrected chi connectivity index (χ4v) is 0.888. The van der Waals surface area contributed by atoms with Crippen LogP contribution in [0.25, 0.3) is 0 Å². The van der Waals surface area contributed by atoms with Crippen LogP contribution < -0.4 is 5.32 Å². The number of carbonyl (C=O) groups is 2. The molecule has 0 aromatic carbocycles. The average Bonchev–Trinajstić information content (AvgIpc) is 2.27. The molecule has 0 rings (SSSR count). The highest BCUT2D eigenvalue weighted by molar-refractivity contribution is 5.83. The van der Waals surface area contributed by atoms with Crippen LogP contribution in [-0.4, -0.2) is 50.5 Å². The maximum atomic E-state index is 11.1. The molecule has 2 amide bonds. The summed E-state index contributed by atoms with van der Waals surface area (Å²) < 4.78 is 4.93. The predicted octanol–water partition coefficient (Wildman–Crippen LogP) is 1.02. The highest BCUT2D eigenvalue weighted by Crippen LogP contribution is 1.91. The summed E-state index contributed by atoms with van der Waals surface area (Å²) in [5, 5.41) is 2.49. The molecule has 1 N–H and O–H groups in total. The second-order valence-corrected chi connectivity index (χ2v) is 3.76. The number of rotatable bonds is 7. The molecule has 0 aromatic rings. The molecule has 0 aliphatic carbocycles. The van der Waals surface area contributed by atoms with Crippen molar-refractivity contribution in [2.75, 3.05) is 27.2 Å². The van der Waals surface area contributed by atoms with Gasteiger partial charge in [0.1, 0.15) is 0 Å². The van der Waals surface area contributed by atoms with Crippen molar-refractivity contribution in [3.63, 3.8) is 0 Å². The zero-order valence-corrected chi connectivity index (χ0v) is 10.7. The fourth-order valence-electron chi connectivity index (χ4n) is 0.888. The van der Waals surface area contributed by atoms with E-state index in [9.17, 15) is 9.59 Å². The third-order valence-electron chi connectivity index (χ3n) is 1.77. The molecule has 0 bridgehead atoms. The van der Waals surface area contributed by atoms with Crippen LogP contribution in [0.15, 0.2) is 4.99 Å². The zero-order valence-electron chi connectivity index (χ0n) is 10.7. The first-order valence-electron chi connectivity index (χ1n) is 5.70. The van der Waals surface area contributed by atoms with E-state index in [4.69, 9.17) is 4.74 Å². The number of urea groups is 1. The standard InChI is InChI=1S/C11H21N3O3/c1-4-5-8-17-10(15)6-7-12-11(16)13-9-14(2)3/h9H,4-8H2,1-3H3,(H,12,16). The number of unbranched alkanes of at least 4 members (excludes halogenated alkanes) is 1. The van der Waals surface area contributed by atoms with Crippen LogP contribution in [0.3, 0.4) is 0 Å². The molecule has 0 saturated heterocycles. The zero-order chi connectivity index (χ0) is 13.1. The number of carbonyl (C=O) groups excluding carboxylic acids is 2. The van der Waals surface area contributed by atoms with E-state index in [1.165, 1.54) is 6.34 Å². The topological polar surface area (TPSA) is 71.0 Å². The summed E-state index contributed by atoms with van der Waals surface area (Å²) >= 11 is 0. The maximum Gasteiger partial charge on any atom is 0.342 e.